The number of halogens is 1. The number of amides is 2. The van der Waals surface area contributed by atoms with E-state index in [2.05, 4.69) is 10.0 Å². The maximum Gasteiger partial charge on any atom is 0.244 e. The number of sulfonamides is 1. The normalized spacial score (nSPS) is 32.1. The Morgan fingerprint density at radius 2 is 1.77 bits per heavy atom. The van der Waals surface area contributed by atoms with E-state index in [0.29, 0.717) is 24.3 Å². The highest BCUT2D eigenvalue weighted by Crippen LogP contribution is 2.59. The molecule has 2 atom stereocenters. The zero-order valence-electron chi connectivity index (χ0n) is 18.1. The molecule has 0 saturated heterocycles. The molecule has 1 aromatic carbocycles. The van der Waals surface area contributed by atoms with Crippen molar-refractivity contribution in [1.29, 1.82) is 0 Å². The van der Waals surface area contributed by atoms with Gasteiger partial charge in [-0.25, -0.2) is 12.8 Å². The van der Waals surface area contributed by atoms with Crippen molar-refractivity contribution in [3.05, 3.63) is 29.6 Å². The number of aryl methyl sites for hydroxylation is 1. The van der Waals surface area contributed by atoms with Crippen LogP contribution in [0, 0.1) is 35.9 Å². The van der Waals surface area contributed by atoms with Crippen molar-refractivity contribution in [2.75, 3.05) is 0 Å². The van der Waals surface area contributed by atoms with Gasteiger partial charge in [0.2, 0.25) is 21.8 Å². The molecule has 7 nitrogen and oxygen atoms in total. The molecule has 2 amide bonds. The van der Waals surface area contributed by atoms with Crippen LogP contribution >= 0.6 is 0 Å². The zero-order valence-corrected chi connectivity index (χ0v) is 18.9. The van der Waals surface area contributed by atoms with Crippen molar-refractivity contribution in [3.63, 3.8) is 0 Å². The predicted molar refractivity (Wildman–Crippen MR) is 113 cm³/mol. The first-order valence-electron chi connectivity index (χ1n) is 10.7. The van der Waals surface area contributed by atoms with Gasteiger partial charge in [0.15, 0.2) is 0 Å². The maximum absolute atomic E-state index is 14.2. The highest BCUT2D eigenvalue weighted by molar-refractivity contribution is 7.89. The van der Waals surface area contributed by atoms with E-state index < -0.39 is 37.6 Å². The van der Waals surface area contributed by atoms with E-state index in [0.717, 1.165) is 25.3 Å². The molecule has 4 bridgehead atoms. The van der Waals surface area contributed by atoms with Crippen LogP contribution in [0.2, 0.25) is 0 Å². The molecule has 4 fully saturated rings. The first kappa shape index (κ1) is 22.2. The molecule has 4 aliphatic rings. The van der Waals surface area contributed by atoms with E-state index in [-0.39, 0.29) is 23.8 Å². The molecule has 4 saturated carbocycles. The Morgan fingerprint density at radius 3 is 2.35 bits per heavy atom. The maximum atomic E-state index is 14.2. The third kappa shape index (κ3) is 3.86. The van der Waals surface area contributed by atoms with Gasteiger partial charge >= 0.3 is 0 Å². The Labute approximate surface area is 182 Å². The lowest BCUT2D eigenvalue weighted by Gasteiger charge is -2.59. The van der Waals surface area contributed by atoms with Gasteiger partial charge in [-0.2, -0.15) is 4.72 Å². The van der Waals surface area contributed by atoms with E-state index in [9.17, 15) is 22.4 Å². The summed E-state index contributed by atoms with van der Waals surface area (Å²) in [5.41, 5.74) is 4.38. The number of primary amides is 1. The second-order valence-corrected chi connectivity index (χ2v) is 11.9. The van der Waals surface area contributed by atoms with Gasteiger partial charge in [-0.3, -0.25) is 9.59 Å². The number of nitrogens with two attached hydrogens (primary N) is 1. The Morgan fingerprint density at radius 1 is 1.16 bits per heavy atom. The molecule has 0 aliphatic heterocycles. The summed E-state index contributed by atoms with van der Waals surface area (Å²) in [6.07, 6.45) is 4.06. The molecule has 1 aromatic rings. The molecule has 4 N–H and O–H groups in total. The number of carbonyl (C=O) groups excluding carboxylic acids is 2. The number of hydrogen-bond acceptors (Lipinski definition) is 4. The molecule has 2 unspecified atom stereocenters. The fraction of sp³-hybridized carbons (Fsp3) is 0.636. The van der Waals surface area contributed by atoms with Gasteiger partial charge in [0.1, 0.15) is 16.3 Å². The summed E-state index contributed by atoms with van der Waals surface area (Å²) in [4.78, 5) is 24.7. The van der Waals surface area contributed by atoms with Crippen LogP contribution in [0.5, 0.6) is 0 Å². The molecular weight excluding hydrogens is 421 g/mol. The average Bonchev–Trinajstić information content (AvgIpc) is 2.64. The predicted octanol–water partition coefficient (Wildman–Crippen LogP) is 1.99. The van der Waals surface area contributed by atoms with Crippen molar-refractivity contribution in [3.8, 4) is 0 Å². The van der Waals surface area contributed by atoms with Crippen LogP contribution in [0.15, 0.2) is 23.1 Å². The van der Waals surface area contributed by atoms with Crippen molar-refractivity contribution in [1.82, 2.24) is 10.0 Å². The molecule has 5 rings (SSSR count). The summed E-state index contributed by atoms with van der Waals surface area (Å²) in [7, 11) is -4.25. The summed E-state index contributed by atoms with van der Waals surface area (Å²) >= 11 is 0. The van der Waals surface area contributed by atoms with E-state index >= 15 is 0 Å². The summed E-state index contributed by atoms with van der Waals surface area (Å²) in [6.45, 7) is 4.60. The molecule has 31 heavy (non-hydrogen) atoms. The first-order valence-corrected chi connectivity index (χ1v) is 12.2. The second-order valence-electron chi connectivity index (χ2n) is 10.3. The first-order chi connectivity index (χ1) is 14.3. The molecule has 0 radical (unpaired) electrons. The van der Waals surface area contributed by atoms with Gasteiger partial charge in [0.25, 0.3) is 0 Å². The Kier molecular flexibility index (Phi) is 5.20. The summed E-state index contributed by atoms with van der Waals surface area (Å²) in [5, 5.41) is 3.05. The Hall–Kier alpha value is -2.00. The lowest BCUT2D eigenvalue weighted by atomic mass is 9.47. The number of hydrogen-bond donors (Lipinski definition) is 3. The summed E-state index contributed by atoms with van der Waals surface area (Å²) in [6, 6.07) is 3.71. The Balaban J connectivity index is 1.50. The minimum atomic E-state index is -4.25. The van der Waals surface area contributed by atoms with Crippen LogP contribution in [0.3, 0.4) is 0 Å². The number of rotatable bonds is 6. The number of benzene rings is 1. The molecule has 0 spiro atoms. The van der Waals surface area contributed by atoms with Crippen molar-refractivity contribution >= 4 is 21.8 Å². The minimum absolute atomic E-state index is 0.115. The van der Waals surface area contributed by atoms with Crippen molar-refractivity contribution in [2.45, 2.75) is 69.4 Å². The standard InChI is InChI=1S/C22H30FN3O4S/c1-12-4-5-16(23)17(6-12)31(29,30)26-21(2,3)20(28)25-18-14-7-13-8-15(18)11-22(9-13,10-14)19(24)27/h4-6,13-15,18,26H,7-11H2,1-3H3,(H2,24,27)(H,25,28). The van der Waals surface area contributed by atoms with Crippen LogP contribution in [0.4, 0.5) is 4.39 Å². The summed E-state index contributed by atoms with van der Waals surface area (Å²) < 4.78 is 42.1. The lowest BCUT2D eigenvalue weighted by Crippen LogP contribution is -2.65. The van der Waals surface area contributed by atoms with Gasteiger partial charge in [-0.1, -0.05) is 6.07 Å². The Bertz CT molecular complexity index is 1020. The largest absolute Gasteiger partial charge is 0.369 e. The van der Waals surface area contributed by atoms with E-state index in [1.54, 1.807) is 6.92 Å². The third-order valence-electron chi connectivity index (χ3n) is 7.43. The highest BCUT2D eigenvalue weighted by atomic mass is 32.2. The zero-order chi connectivity index (χ0) is 22.8. The van der Waals surface area contributed by atoms with Crippen LogP contribution in [0.25, 0.3) is 0 Å². The van der Waals surface area contributed by atoms with Crippen LogP contribution in [-0.4, -0.2) is 31.8 Å². The fourth-order valence-corrected chi connectivity index (χ4v) is 7.69. The molecular formula is C22H30FN3O4S. The van der Waals surface area contributed by atoms with Crippen LogP contribution < -0.4 is 15.8 Å². The SMILES string of the molecule is Cc1ccc(F)c(S(=O)(=O)NC(C)(C)C(=O)NC2C3CC4CC2CC(C(N)=O)(C4)C3)c1. The average molecular weight is 452 g/mol. The molecule has 170 valence electrons. The van der Waals surface area contributed by atoms with Crippen molar-refractivity contribution in [2.24, 2.45) is 28.9 Å². The van der Waals surface area contributed by atoms with E-state index in [4.69, 9.17) is 5.73 Å². The van der Waals surface area contributed by atoms with Crippen LogP contribution in [0.1, 0.15) is 51.5 Å². The smallest absolute Gasteiger partial charge is 0.244 e. The molecule has 0 heterocycles. The third-order valence-corrected chi connectivity index (χ3v) is 9.10. The van der Waals surface area contributed by atoms with Gasteiger partial charge in [-0.15, -0.1) is 0 Å². The monoisotopic (exact) mass is 451 g/mol. The van der Waals surface area contributed by atoms with E-state index in [1.165, 1.54) is 26.0 Å². The number of carbonyl (C=O) groups is 2. The lowest BCUT2D eigenvalue weighted by molar-refractivity contribution is -0.148. The molecule has 4 aliphatic carbocycles. The number of nitrogens with one attached hydrogen (secondary N) is 2. The highest BCUT2D eigenvalue weighted by Gasteiger charge is 2.58. The van der Waals surface area contributed by atoms with Crippen molar-refractivity contribution < 1.29 is 22.4 Å². The van der Waals surface area contributed by atoms with Gasteiger partial charge in [-0.05, 0) is 88.3 Å². The van der Waals surface area contributed by atoms with Gasteiger partial charge in [0.05, 0.1) is 0 Å². The minimum Gasteiger partial charge on any atom is -0.369 e. The molecule has 9 heteroatoms. The topological polar surface area (TPSA) is 118 Å². The van der Waals surface area contributed by atoms with E-state index in [1.807, 2.05) is 0 Å². The summed E-state index contributed by atoms with van der Waals surface area (Å²) in [5.74, 6) is -0.811. The quantitative estimate of drug-likeness (QED) is 0.613. The fourth-order valence-electron chi connectivity index (χ4n) is 6.15. The second kappa shape index (κ2) is 7.27. The van der Waals surface area contributed by atoms with Crippen LogP contribution in [-0.2, 0) is 19.6 Å². The van der Waals surface area contributed by atoms with Gasteiger partial charge in [0, 0.05) is 11.5 Å². The molecule has 0 aromatic heterocycles. The van der Waals surface area contributed by atoms with Gasteiger partial charge < -0.3 is 11.1 Å².